The van der Waals surface area contributed by atoms with Gasteiger partial charge in [0.1, 0.15) is 5.82 Å². The lowest BCUT2D eigenvalue weighted by molar-refractivity contribution is -0.148. The molecule has 27 heavy (non-hydrogen) atoms. The Morgan fingerprint density at radius 3 is 2.56 bits per heavy atom. The molecule has 3 rings (SSSR count). The van der Waals surface area contributed by atoms with Crippen molar-refractivity contribution >= 4 is 11.5 Å². The number of piperidine rings is 1. The average molecular weight is 371 g/mol. The van der Waals surface area contributed by atoms with Gasteiger partial charge in [-0.1, -0.05) is 30.7 Å². The quantitative estimate of drug-likeness (QED) is 0.605. The van der Waals surface area contributed by atoms with E-state index in [0.717, 1.165) is 44.3 Å². The predicted molar refractivity (Wildman–Crippen MR) is 107 cm³/mol. The highest BCUT2D eigenvalue weighted by atomic mass is 19.1. The smallest absolute Gasteiger partial charge is 0.310 e. The Bertz CT molecular complexity index is 784. The molecule has 1 aliphatic carbocycles. The summed E-state index contributed by atoms with van der Waals surface area (Å²) in [5.41, 5.74) is 5.48. The largest absolute Gasteiger partial charge is 0.481 e. The molecular formula is C23H30FNO2. The fourth-order valence-corrected chi connectivity index (χ4v) is 4.35. The van der Waals surface area contributed by atoms with Gasteiger partial charge in [0.05, 0.1) is 5.41 Å². The van der Waals surface area contributed by atoms with Crippen LogP contribution in [0.3, 0.4) is 0 Å². The molecule has 1 aromatic rings. The van der Waals surface area contributed by atoms with Crippen LogP contribution in [0, 0.1) is 17.2 Å². The lowest BCUT2D eigenvalue weighted by atomic mass is 9.82. The van der Waals surface area contributed by atoms with Gasteiger partial charge in [-0.15, -0.1) is 0 Å². The van der Waals surface area contributed by atoms with Crippen molar-refractivity contribution in [3.63, 3.8) is 0 Å². The van der Waals surface area contributed by atoms with Crippen LogP contribution in [0.5, 0.6) is 0 Å². The summed E-state index contributed by atoms with van der Waals surface area (Å²) >= 11 is 0. The highest BCUT2D eigenvalue weighted by Gasteiger charge is 2.32. The number of hydrogen-bond acceptors (Lipinski definition) is 2. The van der Waals surface area contributed by atoms with Crippen molar-refractivity contribution in [2.75, 3.05) is 19.6 Å². The molecule has 0 saturated carbocycles. The van der Waals surface area contributed by atoms with Crippen LogP contribution in [0.2, 0.25) is 0 Å². The maximum Gasteiger partial charge on any atom is 0.310 e. The first-order valence-corrected chi connectivity index (χ1v) is 9.83. The number of fused-ring (bicyclic) bond motifs is 1. The SMILES string of the molecule is C=C1CCc2cc(F)ccc2C(=C2CCN(CC(C)(C)C(=O)O)CC2)C1C. The van der Waals surface area contributed by atoms with E-state index in [1.807, 2.05) is 6.07 Å². The number of benzene rings is 1. The van der Waals surface area contributed by atoms with E-state index in [2.05, 4.69) is 18.4 Å². The van der Waals surface area contributed by atoms with E-state index in [1.54, 1.807) is 26.0 Å². The van der Waals surface area contributed by atoms with Crippen LogP contribution < -0.4 is 0 Å². The molecule has 1 heterocycles. The molecule has 0 aromatic heterocycles. The summed E-state index contributed by atoms with van der Waals surface area (Å²) < 4.78 is 13.8. The lowest BCUT2D eigenvalue weighted by Crippen LogP contribution is -2.42. The van der Waals surface area contributed by atoms with E-state index in [4.69, 9.17) is 0 Å². The molecule has 1 aliphatic heterocycles. The van der Waals surface area contributed by atoms with Crippen LogP contribution in [0.15, 0.2) is 35.9 Å². The monoisotopic (exact) mass is 371 g/mol. The number of halogens is 1. The van der Waals surface area contributed by atoms with Crippen LogP contribution in [0.4, 0.5) is 4.39 Å². The first-order chi connectivity index (χ1) is 12.7. The van der Waals surface area contributed by atoms with Crippen LogP contribution in [-0.4, -0.2) is 35.6 Å². The second kappa shape index (κ2) is 7.59. The summed E-state index contributed by atoms with van der Waals surface area (Å²) in [6.45, 7) is 12.4. The fraction of sp³-hybridized carbons (Fsp3) is 0.522. The van der Waals surface area contributed by atoms with Crippen molar-refractivity contribution in [1.29, 1.82) is 0 Å². The van der Waals surface area contributed by atoms with Crippen molar-refractivity contribution in [3.05, 3.63) is 52.9 Å². The third-order valence-electron chi connectivity index (χ3n) is 6.16. The maximum atomic E-state index is 13.8. The van der Waals surface area contributed by atoms with Crippen LogP contribution >= 0.6 is 0 Å². The first kappa shape index (κ1) is 19.8. The Morgan fingerprint density at radius 2 is 1.93 bits per heavy atom. The van der Waals surface area contributed by atoms with E-state index in [0.29, 0.717) is 6.54 Å². The van der Waals surface area contributed by atoms with Crippen molar-refractivity contribution in [1.82, 2.24) is 4.90 Å². The summed E-state index contributed by atoms with van der Waals surface area (Å²) in [5, 5.41) is 9.38. The molecule has 1 aromatic carbocycles. The number of hydrogen-bond donors (Lipinski definition) is 1. The van der Waals surface area contributed by atoms with Gasteiger partial charge in [-0.05, 0) is 68.4 Å². The number of allylic oxidation sites excluding steroid dienone is 2. The molecule has 0 radical (unpaired) electrons. The molecule has 2 aliphatic rings. The molecule has 146 valence electrons. The third kappa shape index (κ3) is 4.16. The van der Waals surface area contributed by atoms with Gasteiger partial charge in [0.15, 0.2) is 0 Å². The van der Waals surface area contributed by atoms with Gasteiger partial charge in [-0.3, -0.25) is 4.79 Å². The Kier molecular flexibility index (Phi) is 5.57. The van der Waals surface area contributed by atoms with Crippen molar-refractivity contribution in [2.24, 2.45) is 11.3 Å². The number of carboxylic acid groups (broad SMARTS) is 1. The third-order valence-corrected chi connectivity index (χ3v) is 6.16. The maximum absolute atomic E-state index is 13.8. The van der Waals surface area contributed by atoms with Gasteiger partial charge in [-0.25, -0.2) is 4.39 Å². The van der Waals surface area contributed by atoms with Crippen LogP contribution in [0.25, 0.3) is 5.57 Å². The topological polar surface area (TPSA) is 40.5 Å². The molecule has 4 heteroatoms. The van der Waals surface area contributed by atoms with E-state index in [1.165, 1.54) is 22.3 Å². The standard InChI is InChI=1S/C23H30FNO2/c1-15-5-6-18-13-19(24)7-8-20(18)21(16(15)2)17-9-11-25(12-10-17)14-23(3,4)22(26)27/h7-8,13,16H,1,5-6,9-12,14H2,2-4H3,(H,26,27). The van der Waals surface area contributed by atoms with Crippen molar-refractivity contribution < 1.29 is 14.3 Å². The zero-order valence-electron chi connectivity index (χ0n) is 16.6. The van der Waals surface area contributed by atoms with Gasteiger partial charge in [-0.2, -0.15) is 0 Å². The minimum atomic E-state index is -0.753. The van der Waals surface area contributed by atoms with E-state index < -0.39 is 11.4 Å². The van der Waals surface area contributed by atoms with E-state index >= 15 is 0 Å². The predicted octanol–water partition coefficient (Wildman–Crippen LogP) is 4.92. The summed E-state index contributed by atoms with van der Waals surface area (Å²) in [4.78, 5) is 13.7. The molecule has 0 spiro atoms. The Hall–Kier alpha value is -1.94. The van der Waals surface area contributed by atoms with Gasteiger partial charge in [0.2, 0.25) is 0 Å². The molecule has 1 unspecified atom stereocenters. The summed E-state index contributed by atoms with van der Waals surface area (Å²) in [6, 6.07) is 5.17. The van der Waals surface area contributed by atoms with Crippen LogP contribution in [-0.2, 0) is 11.2 Å². The molecule has 1 fully saturated rings. The molecule has 1 atom stereocenters. The van der Waals surface area contributed by atoms with Crippen LogP contribution in [0.1, 0.15) is 51.2 Å². The molecule has 0 amide bonds. The Balaban J connectivity index is 1.87. The fourth-order valence-electron chi connectivity index (χ4n) is 4.35. The number of carbonyl (C=O) groups is 1. The Labute approximate surface area is 161 Å². The van der Waals surface area contributed by atoms with Gasteiger partial charge >= 0.3 is 5.97 Å². The van der Waals surface area contributed by atoms with Gasteiger partial charge < -0.3 is 10.0 Å². The number of likely N-dealkylation sites (tertiary alicyclic amines) is 1. The van der Waals surface area contributed by atoms with Gasteiger partial charge in [0, 0.05) is 25.6 Å². The lowest BCUT2D eigenvalue weighted by Gasteiger charge is -2.35. The minimum absolute atomic E-state index is 0.177. The number of rotatable bonds is 3. The molecule has 1 saturated heterocycles. The second-order valence-electron chi connectivity index (χ2n) is 8.66. The molecule has 0 bridgehead atoms. The van der Waals surface area contributed by atoms with E-state index in [9.17, 15) is 14.3 Å². The minimum Gasteiger partial charge on any atom is -0.481 e. The Morgan fingerprint density at radius 1 is 1.26 bits per heavy atom. The normalized spacial score (nSPS) is 21.8. The van der Waals surface area contributed by atoms with Crippen molar-refractivity contribution in [2.45, 2.75) is 46.5 Å². The van der Waals surface area contributed by atoms with E-state index in [-0.39, 0.29) is 11.7 Å². The number of carboxylic acids is 1. The summed E-state index contributed by atoms with van der Waals surface area (Å²) in [7, 11) is 0. The number of aliphatic carboxylic acids is 1. The summed E-state index contributed by atoms with van der Waals surface area (Å²) in [5.74, 6) is -0.658. The zero-order valence-corrected chi connectivity index (χ0v) is 16.6. The summed E-state index contributed by atoms with van der Waals surface area (Å²) in [6.07, 6.45) is 3.60. The average Bonchev–Trinajstić information content (AvgIpc) is 2.73. The number of nitrogens with zero attached hydrogens (tertiary/aromatic N) is 1. The van der Waals surface area contributed by atoms with Gasteiger partial charge in [0.25, 0.3) is 0 Å². The zero-order chi connectivity index (χ0) is 19.8. The molecule has 1 N–H and O–H groups in total. The van der Waals surface area contributed by atoms with Crippen molar-refractivity contribution in [3.8, 4) is 0 Å². The first-order valence-electron chi connectivity index (χ1n) is 9.83. The number of aryl methyl sites for hydroxylation is 1. The molecular weight excluding hydrogens is 341 g/mol. The highest BCUT2D eigenvalue weighted by molar-refractivity contribution is 5.76. The second-order valence-corrected chi connectivity index (χ2v) is 8.66. The highest BCUT2D eigenvalue weighted by Crippen LogP contribution is 2.41. The molecule has 3 nitrogen and oxygen atoms in total.